The normalized spacial score (nSPS) is 10.7. The van der Waals surface area contributed by atoms with Crippen molar-refractivity contribution in [3.8, 4) is 17.0 Å². The molecule has 1 aromatic carbocycles. The first-order valence-corrected chi connectivity index (χ1v) is 6.19. The summed E-state index contributed by atoms with van der Waals surface area (Å²) in [4.78, 5) is 0. The van der Waals surface area contributed by atoms with Gasteiger partial charge >= 0.3 is 0 Å². The molecular formula is C13H16ClN3O. The third-order valence-electron chi connectivity index (χ3n) is 2.71. The Morgan fingerprint density at radius 2 is 2.17 bits per heavy atom. The van der Waals surface area contributed by atoms with Crippen molar-refractivity contribution in [2.24, 2.45) is 12.8 Å². The topological polar surface area (TPSA) is 53.1 Å². The van der Waals surface area contributed by atoms with E-state index in [4.69, 9.17) is 22.1 Å². The summed E-state index contributed by atoms with van der Waals surface area (Å²) in [5.74, 6) is 0.692. The lowest BCUT2D eigenvalue weighted by molar-refractivity contribution is 0.340. The van der Waals surface area contributed by atoms with Crippen LogP contribution in [0.1, 0.15) is 12.6 Å². The van der Waals surface area contributed by atoms with Crippen LogP contribution in [0.2, 0.25) is 5.02 Å². The Morgan fingerprint density at radius 1 is 1.39 bits per heavy atom. The van der Waals surface area contributed by atoms with Crippen LogP contribution in [-0.2, 0) is 13.6 Å². The molecule has 0 aliphatic heterocycles. The third kappa shape index (κ3) is 2.49. The first-order chi connectivity index (χ1) is 8.65. The van der Waals surface area contributed by atoms with Crippen molar-refractivity contribution in [2.45, 2.75) is 13.5 Å². The zero-order valence-corrected chi connectivity index (χ0v) is 11.2. The molecule has 2 aromatic rings. The molecule has 0 aliphatic carbocycles. The maximum absolute atomic E-state index is 6.15. The Labute approximate surface area is 111 Å². The van der Waals surface area contributed by atoms with Crippen LogP contribution in [0, 0.1) is 0 Å². The molecule has 5 heteroatoms. The Hall–Kier alpha value is -1.52. The molecule has 0 bridgehead atoms. The van der Waals surface area contributed by atoms with Gasteiger partial charge in [-0.25, -0.2) is 0 Å². The predicted octanol–water partition coefficient (Wildman–Crippen LogP) is 2.60. The van der Waals surface area contributed by atoms with Gasteiger partial charge in [0.25, 0.3) is 0 Å². The second-order valence-electron chi connectivity index (χ2n) is 3.93. The quantitative estimate of drug-likeness (QED) is 0.925. The summed E-state index contributed by atoms with van der Waals surface area (Å²) < 4.78 is 7.18. The van der Waals surface area contributed by atoms with Gasteiger partial charge in [0.15, 0.2) is 0 Å². The fourth-order valence-electron chi connectivity index (χ4n) is 1.77. The Morgan fingerprint density at radius 3 is 2.72 bits per heavy atom. The average Bonchev–Trinajstić information content (AvgIpc) is 2.73. The lowest BCUT2D eigenvalue weighted by Crippen LogP contribution is -2.03. The van der Waals surface area contributed by atoms with Crippen LogP contribution in [-0.4, -0.2) is 16.4 Å². The minimum absolute atomic E-state index is 0.467. The monoisotopic (exact) mass is 265 g/mol. The summed E-state index contributed by atoms with van der Waals surface area (Å²) in [5.41, 5.74) is 8.43. The number of halogens is 1. The van der Waals surface area contributed by atoms with Crippen LogP contribution >= 0.6 is 11.6 Å². The van der Waals surface area contributed by atoms with Crippen LogP contribution in [0.15, 0.2) is 24.3 Å². The molecule has 96 valence electrons. The predicted molar refractivity (Wildman–Crippen MR) is 72.7 cm³/mol. The molecular weight excluding hydrogens is 250 g/mol. The van der Waals surface area contributed by atoms with Crippen molar-refractivity contribution < 1.29 is 4.74 Å². The minimum atomic E-state index is 0.467. The number of hydrogen-bond acceptors (Lipinski definition) is 3. The highest BCUT2D eigenvalue weighted by Crippen LogP contribution is 2.30. The van der Waals surface area contributed by atoms with Gasteiger partial charge in [-0.3, -0.25) is 4.68 Å². The van der Waals surface area contributed by atoms with Crippen LogP contribution in [0.3, 0.4) is 0 Å². The number of nitrogens with zero attached hydrogens (tertiary/aromatic N) is 2. The fourth-order valence-corrected chi connectivity index (χ4v) is 2.01. The molecule has 1 aromatic heterocycles. The van der Waals surface area contributed by atoms with Gasteiger partial charge in [-0.05, 0) is 31.2 Å². The molecule has 0 saturated carbocycles. The summed E-state index contributed by atoms with van der Waals surface area (Å²) in [6, 6.07) is 7.62. The van der Waals surface area contributed by atoms with Gasteiger partial charge in [-0.15, -0.1) is 0 Å². The summed E-state index contributed by atoms with van der Waals surface area (Å²) >= 11 is 6.15. The van der Waals surface area contributed by atoms with Crippen molar-refractivity contribution in [1.82, 2.24) is 9.78 Å². The third-order valence-corrected chi connectivity index (χ3v) is 3.01. The number of aryl methyl sites for hydroxylation is 1. The highest BCUT2D eigenvalue weighted by molar-refractivity contribution is 6.32. The number of rotatable bonds is 4. The molecule has 1 heterocycles. The van der Waals surface area contributed by atoms with Gasteiger partial charge in [-0.2, -0.15) is 5.10 Å². The second kappa shape index (κ2) is 5.42. The molecule has 0 saturated heterocycles. The van der Waals surface area contributed by atoms with Gasteiger partial charge in [0, 0.05) is 19.2 Å². The first kappa shape index (κ1) is 12.9. The van der Waals surface area contributed by atoms with E-state index in [-0.39, 0.29) is 0 Å². The number of nitrogens with two attached hydrogens (primary N) is 1. The van der Waals surface area contributed by atoms with Crippen LogP contribution < -0.4 is 10.5 Å². The van der Waals surface area contributed by atoms with E-state index in [0.29, 0.717) is 23.9 Å². The molecule has 0 spiro atoms. The van der Waals surface area contributed by atoms with Crippen LogP contribution in [0.4, 0.5) is 0 Å². The fraction of sp³-hybridized carbons (Fsp3) is 0.308. The molecule has 0 atom stereocenters. The van der Waals surface area contributed by atoms with Crippen molar-refractivity contribution in [2.75, 3.05) is 6.61 Å². The molecule has 0 fully saturated rings. The average molecular weight is 266 g/mol. The van der Waals surface area contributed by atoms with Crippen LogP contribution in [0.25, 0.3) is 11.3 Å². The van der Waals surface area contributed by atoms with Gasteiger partial charge in [-0.1, -0.05) is 11.6 Å². The van der Waals surface area contributed by atoms with Crippen LogP contribution in [0.5, 0.6) is 5.75 Å². The van der Waals surface area contributed by atoms with E-state index in [1.807, 2.05) is 38.2 Å². The number of aromatic nitrogens is 2. The van der Waals surface area contributed by atoms with Crippen molar-refractivity contribution >= 4 is 11.6 Å². The zero-order chi connectivity index (χ0) is 13.1. The largest absolute Gasteiger partial charge is 0.492 e. The zero-order valence-electron chi connectivity index (χ0n) is 10.5. The SMILES string of the molecule is CCOc1ccc(-c2cc(CN)n(C)n2)cc1Cl. The maximum atomic E-state index is 6.15. The standard InChI is InChI=1S/C13H16ClN3O/c1-3-18-13-5-4-9(6-11(13)14)12-7-10(8-15)17(2)16-12/h4-7H,3,8,15H2,1-2H3. The summed E-state index contributed by atoms with van der Waals surface area (Å²) in [7, 11) is 1.88. The smallest absolute Gasteiger partial charge is 0.137 e. The Kier molecular flexibility index (Phi) is 3.89. The van der Waals surface area contributed by atoms with E-state index in [0.717, 1.165) is 17.0 Å². The molecule has 0 aliphatic rings. The summed E-state index contributed by atoms with van der Waals surface area (Å²) in [6.45, 7) is 2.99. The number of hydrogen-bond donors (Lipinski definition) is 1. The molecule has 0 amide bonds. The maximum Gasteiger partial charge on any atom is 0.137 e. The molecule has 0 radical (unpaired) electrons. The first-order valence-electron chi connectivity index (χ1n) is 5.81. The van der Waals surface area contributed by atoms with Crippen molar-refractivity contribution in [1.29, 1.82) is 0 Å². The van der Waals surface area contributed by atoms with E-state index in [1.54, 1.807) is 4.68 Å². The van der Waals surface area contributed by atoms with Crippen molar-refractivity contribution in [3.63, 3.8) is 0 Å². The second-order valence-corrected chi connectivity index (χ2v) is 4.33. The summed E-state index contributed by atoms with van der Waals surface area (Å²) in [6.07, 6.45) is 0. The van der Waals surface area contributed by atoms with Gasteiger partial charge in [0.1, 0.15) is 5.75 Å². The van der Waals surface area contributed by atoms with E-state index in [2.05, 4.69) is 5.10 Å². The highest BCUT2D eigenvalue weighted by atomic mass is 35.5. The lowest BCUT2D eigenvalue weighted by atomic mass is 10.1. The van der Waals surface area contributed by atoms with E-state index in [1.165, 1.54) is 0 Å². The number of benzene rings is 1. The molecule has 2 N–H and O–H groups in total. The summed E-state index contributed by atoms with van der Waals surface area (Å²) in [5, 5.41) is 5.00. The van der Waals surface area contributed by atoms with Gasteiger partial charge in [0.2, 0.25) is 0 Å². The molecule has 0 unspecified atom stereocenters. The lowest BCUT2D eigenvalue weighted by Gasteiger charge is -2.06. The molecule has 4 nitrogen and oxygen atoms in total. The number of ether oxygens (including phenoxy) is 1. The Balaban J connectivity index is 2.35. The minimum Gasteiger partial charge on any atom is -0.492 e. The van der Waals surface area contributed by atoms with E-state index < -0.39 is 0 Å². The van der Waals surface area contributed by atoms with Gasteiger partial charge in [0.05, 0.1) is 23.0 Å². The molecule has 18 heavy (non-hydrogen) atoms. The highest BCUT2D eigenvalue weighted by Gasteiger charge is 2.09. The van der Waals surface area contributed by atoms with Gasteiger partial charge < -0.3 is 10.5 Å². The van der Waals surface area contributed by atoms with Crippen molar-refractivity contribution in [3.05, 3.63) is 35.0 Å². The van der Waals surface area contributed by atoms with E-state index >= 15 is 0 Å². The molecule has 2 rings (SSSR count). The van der Waals surface area contributed by atoms with E-state index in [9.17, 15) is 0 Å². The Bertz CT molecular complexity index is 551.